The van der Waals surface area contributed by atoms with Crippen LogP contribution in [-0.4, -0.2) is 4.92 Å². The van der Waals surface area contributed by atoms with E-state index in [-0.39, 0.29) is 11.7 Å². The van der Waals surface area contributed by atoms with Crippen molar-refractivity contribution in [3.63, 3.8) is 0 Å². The molecule has 0 aliphatic heterocycles. The molecule has 1 aromatic rings. The Bertz CT molecular complexity index is 396. The first-order valence-corrected chi connectivity index (χ1v) is 6.13. The molecule has 0 bridgehead atoms. The maximum absolute atomic E-state index is 10.7. The van der Waals surface area contributed by atoms with E-state index >= 15 is 0 Å². The fraction of sp³-hybridized carbons (Fsp3) is 0.500. The van der Waals surface area contributed by atoms with E-state index in [1.807, 2.05) is 0 Å². The molecule has 0 aromatic heterocycles. The first-order valence-electron chi connectivity index (χ1n) is 5.75. The zero-order valence-electron chi connectivity index (χ0n) is 9.86. The topological polar surface area (TPSA) is 69.2 Å². The van der Waals surface area contributed by atoms with Crippen molar-refractivity contribution in [2.75, 3.05) is 0 Å². The van der Waals surface area contributed by atoms with Gasteiger partial charge in [-0.05, 0) is 18.1 Å². The van der Waals surface area contributed by atoms with Gasteiger partial charge in [-0.15, -0.1) is 0 Å². The fourth-order valence-corrected chi connectivity index (χ4v) is 1.96. The van der Waals surface area contributed by atoms with Gasteiger partial charge in [-0.1, -0.05) is 37.8 Å². The van der Waals surface area contributed by atoms with Crippen molar-refractivity contribution in [3.05, 3.63) is 38.9 Å². The van der Waals surface area contributed by atoms with Gasteiger partial charge in [0.1, 0.15) is 0 Å². The highest BCUT2D eigenvalue weighted by Gasteiger charge is 2.14. The summed E-state index contributed by atoms with van der Waals surface area (Å²) in [5.41, 5.74) is 6.70. The number of nitrogens with zero attached hydrogens (tertiary/aromatic N) is 1. The molecule has 0 saturated carbocycles. The molecule has 0 amide bonds. The smallest absolute Gasteiger partial charge is 0.269 e. The molecule has 0 heterocycles. The number of non-ortho nitro benzene ring substituents is 1. The maximum Gasteiger partial charge on any atom is 0.269 e. The summed E-state index contributed by atoms with van der Waals surface area (Å²) in [4.78, 5) is 10.2. The van der Waals surface area contributed by atoms with Crippen molar-refractivity contribution >= 4 is 17.3 Å². The van der Waals surface area contributed by atoms with Gasteiger partial charge in [-0.3, -0.25) is 10.1 Å². The summed E-state index contributed by atoms with van der Waals surface area (Å²) in [6.45, 7) is 2.12. The van der Waals surface area contributed by atoms with Crippen molar-refractivity contribution in [1.82, 2.24) is 0 Å². The number of nitrogens with two attached hydrogens (primary N) is 1. The van der Waals surface area contributed by atoms with E-state index in [0.29, 0.717) is 10.6 Å². The number of benzene rings is 1. The second kappa shape index (κ2) is 6.57. The lowest BCUT2D eigenvalue weighted by atomic mass is 10.0. The zero-order valence-corrected chi connectivity index (χ0v) is 10.6. The van der Waals surface area contributed by atoms with Gasteiger partial charge in [0, 0.05) is 23.2 Å². The standard InChI is InChI=1S/C12H17ClN2O2/c1-2-3-4-5-12(14)10-8-9(15(16)17)6-7-11(10)13/h6-8,12H,2-5,14H2,1H3/t12-/m1/s1. The minimum absolute atomic E-state index is 0.0374. The maximum atomic E-state index is 10.7. The molecule has 0 saturated heterocycles. The number of nitro groups is 1. The summed E-state index contributed by atoms with van der Waals surface area (Å²) in [6, 6.07) is 4.17. The molecule has 5 heteroatoms. The first-order chi connectivity index (χ1) is 8.06. The second-order valence-corrected chi connectivity index (χ2v) is 4.47. The number of hydrogen-bond donors (Lipinski definition) is 1. The molecule has 17 heavy (non-hydrogen) atoms. The lowest BCUT2D eigenvalue weighted by Gasteiger charge is -2.13. The van der Waals surface area contributed by atoms with E-state index < -0.39 is 4.92 Å². The molecular formula is C12H17ClN2O2. The minimum atomic E-state index is -0.432. The average molecular weight is 257 g/mol. The molecule has 1 rings (SSSR count). The molecule has 0 radical (unpaired) electrons. The lowest BCUT2D eigenvalue weighted by molar-refractivity contribution is -0.384. The third-order valence-electron chi connectivity index (χ3n) is 2.71. The Morgan fingerprint density at radius 3 is 2.76 bits per heavy atom. The predicted octanol–water partition coefficient (Wildman–Crippen LogP) is 3.83. The van der Waals surface area contributed by atoms with E-state index in [0.717, 1.165) is 25.7 Å². The number of halogens is 1. The van der Waals surface area contributed by atoms with E-state index in [1.165, 1.54) is 18.2 Å². The number of nitro benzene ring substituents is 1. The average Bonchev–Trinajstić information content (AvgIpc) is 2.29. The third kappa shape index (κ3) is 3.98. The zero-order chi connectivity index (χ0) is 12.8. The normalized spacial score (nSPS) is 12.4. The van der Waals surface area contributed by atoms with Gasteiger partial charge < -0.3 is 5.73 Å². The van der Waals surface area contributed by atoms with Gasteiger partial charge in [0.2, 0.25) is 0 Å². The van der Waals surface area contributed by atoms with Gasteiger partial charge >= 0.3 is 0 Å². The highest BCUT2D eigenvalue weighted by atomic mass is 35.5. The number of hydrogen-bond acceptors (Lipinski definition) is 3. The van der Waals surface area contributed by atoms with Crippen LogP contribution in [-0.2, 0) is 0 Å². The van der Waals surface area contributed by atoms with Crippen LogP contribution in [0.3, 0.4) is 0 Å². The summed E-state index contributed by atoms with van der Waals surface area (Å²) in [5.74, 6) is 0. The summed E-state index contributed by atoms with van der Waals surface area (Å²) in [6.07, 6.45) is 4.04. The highest BCUT2D eigenvalue weighted by Crippen LogP contribution is 2.28. The molecular weight excluding hydrogens is 240 g/mol. The van der Waals surface area contributed by atoms with Crippen LogP contribution in [0.25, 0.3) is 0 Å². The fourth-order valence-electron chi connectivity index (χ4n) is 1.70. The molecule has 4 nitrogen and oxygen atoms in total. The molecule has 0 spiro atoms. The Kier molecular flexibility index (Phi) is 5.38. The summed E-state index contributed by atoms with van der Waals surface area (Å²) < 4.78 is 0. The summed E-state index contributed by atoms with van der Waals surface area (Å²) in [7, 11) is 0. The molecule has 1 aromatic carbocycles. The summed E-state index contributed by atoms with van der Waals surface area (Å²) >= 11 is 6.01. The molecule has 1 atom stereocenters. The van der Waals surface area contributed by atoms with E-state index in [1.54, 1.807) is 0 Å². The molecule has 2 N–H and O–H groups in total. The van der Waals surface area contributed by atoms with Crippen LogP contribution in [0.15, 0.2) is 18.2 Å². The number of rotatable bonds is 6. The quantitative estimate of drug-likeness (QED) is 0.478. The highest BCUT2D eigenvalue weighted by molar-refractivity contribution is 6.31. The van der Waals surface area contributed by atoms with E-state index in [2.05, 4.69) is 6.92 Å². The largest absolute Gasteiger partial charge is 0.324 e. The number of unbranched alkanes of at least 4 members (excludes halogenated alkanes) is 2. The van der Waals surface area contributed by atoms with Gasteiger partial charge in [0.25, 0.3) is 5.69 Å². The van der Waals surface area contributed by atoms with Gasteiger partial charge in [-0.2, -0.15) is 0 Å². The SMILES string of the molecule is CCCCC[C@@H](N)c1cc([N+](=O)[O-])ccc1Cl. The van der Waals surface area contributed by atoms with Crippen LogP contribution in [0.5, 0.6) is 0 Å². The molecule has 94 valence electrons. The van der Waals surface area contributed by atoms with Gasteiger partial charge in [0.15, 0.2) is 0 Å². The van der Waals surface area contributed by atoms with E-state index in [4.69, 9.17) is 17.3 Å². The first kappa shape index (κ1) is 13.9. The Hall–Kier alpha value is -1.13. The van der Waals surface area contributed by atoms with Crippen LogP contribution in [0.2, 0.25) is 5.02 Å². The monoisotopic (exact) mass is 256 g/mol. The van der Waals surface area contributed by atoms with Crippen LogP contribution in [0.4, 0.5) is 5.69 Å². The van der Waals surface area contributed by atoms with Crippen LogP contribution >= 0.6 is 11.6 Å². The molecule has 0 unspecified atom stereocenters. The van der Waals surface area contributed by atoms with Crippen LogP contribution < -0.4 is 5.73 Å². The summed E-state index contributed by atoms with van der Waals surface area (Å²) in [5, 5.41) is 11.2. The molecule has 0 aliphatic carbocycles. The third-order valence-corrected chi connectivity index (χ3v) is 3.05. The van der Waals surface area contributed by atoms with Crippen molar-refractivity contribution < 1.29 is 4.92 Å². The van der Waals surface area contributed by atoms with Crippen LogP contribution in [0.1, 0.15) is 44.2 Å². The Labute approximate surface area is 106 Å². The molecule has 0 fully saturated rings. The van der Waals surface area contributed by atoms with E-state index in [9.17, 15) is 10.1 Å². The Morgan fingerprint density at radius 2 is 2.18 bits per heavy atom. The van der Waals surface area contributed by atoms with Crippen molar-refractivity contribution in [2.24, 2.45) is 5.73 Å². The van der Waals surface area contributed by atoms with Crippen molar-refractivity contribution in [2.45, 2.75) is 38.6 Å². The van der Waals surface area contributed by atoms with Crippen molar-refractivity contribution in [1.29, 1.82) is 0 Å². The Morgan fingerprint density at radius 1 is 1.47 bits per heavy atom. The van der Waals surface area contributed by atoms with Gasteiger partial charge in [-0.25, -0.2) is 0 Å². The van der Waals surface area contributed by atoms with Gasteiger partial charge in [0.05, 0.1) is 4.92 Å². The lowest BCUT2D eigenvalue weighted by Crippen LogP contribution is -2.11. The minimum Gasteiger partial charge on any atom is -0.324 e. The Balaban J connectivity index is 2.80. The predicted molar refractivity (Wildman–Crippen MR) is 69.2 cm³/mol. The van der Waals surface area contributed by atoms with Crippen LogP contribution in [0, 0.1) is 10.1 Å². The second-order valence-electron chi connectivity index (χ2n) is 4.07. The molecule has 0 aliphatic rings. The van der Waals surface area contributed by atoms with Crippen molar-refractivity contribution in [3.8, 4) is 0 Å².